The summed E-state index contributed by atoms with van der Waals surface area (Å²) in [5.41, 5.74) is 3.05. The molecule has 3 nitrogen and oxygen atoms in total. The van der Waals surface area contributed by atoms with Crippen LogP contribution in [0, 0.1) is 0 Å². The van der Waals surface area contributed by atoms with Crippen molar-refractivity contribution < 1.29 is 0 Å². The van der Waals surface area contributed by atoms with Gasteiger partial charge in [0.25, 0.3) is 0 Å². The van der Waals surface area contributed by atoms with Gasteiger partial charge in [0.1, 0.15) is 5.82 Å². The van der Waals surface area contributed by atoms with Gasteiger partial charge in [0.15, 0.2) is 5.82 Å². The van der Waals surface area contributed by atoms with Crippen molar-refractivity contribution in [3.63, 3.8) is 0 Å². The third kappa shape index (κ3) is 3.08. The van der Waals surface area contributed by atoms with Crippen molar-refractivity contribution in [2.45, 2.75) is 6.92 Å². The average molecular weight is 275 g/mol. The molecule has 1 N–H and O–H groups in total. The first kappa shape index (κ1) is 13.3. The minimum atomic E-state index is 0.743. The Morgan fingerprint density at radius 3 is 2.05 bits per heavy atom. The van der Waals surface area contributed by atoms with Crippen molar-refractivity contribution >= 4 is 5.82 Å². The summed E-state index contributed by atoms with van der Waals surface area (Å²) < 4.78 is 0. The molecule has 2 aromatic carbocycles. The van der Waals surface area contributed by atoms with Gasteiger partial charge in [-0.15, -0.1) is 0 Å². The highest BCUT2D eigenvalue weighted by Crippen LogP contribution is 2.24. The van der Waals surface area contributed by atoms with Crippen LogP contribution in [0.1, 0.15) is 6.92 Å². The molecule has 0 saturated carbocycles. The van der Waals surface area contributed by atoms with Gasteiger partial charge in [0.2, 0.25) is 0 Å². The first-order chi connectivity index (χ1) is 10.4. The molecule has 0 saturated heterocycles. The number of nitrogens with one attached hydrogen (secondary N) is 1. The smallest absolute Gasteiger partial charge is 0.162 e. The second-order valence-electron chi connectivity index (χ2n) is 4.72. The second kappa shape index (κ2) is 6.18. The van der Waals surface area contributed by atoms with Crippen LogP contribution in [0.2, 0.25) is 0 Å². The van der Waals surface area contributed by atoms with Crippen molar-refractivity contribution in [2.24, 2.45) is 0 Å². The minimum absolute atomic E-state index is 0.743. The van der Waals surface area contributed by atoms with Gasteiger partial charge in [-0.1, -0.05) is 60.7 Å². The second-order valence-corrected chi connectivity index (χ2v) is 4.72. The van der Waals surface area contributed by atoms with E-state index in [2.05, 4.69) is 29.4 Å². The summed E-state index contributed by atoms with van der Waals surface area (Å²) in [5.74, 6) is 1.60. The molecule has 0 aliphatic rings. The Morgan fingerprint density at radius 2 is 1.43 bits per heavy atom. The number of benzene rings is 2. The molecule has 0 unspecified atom stereocenters. The van der Waals surface area contributed by atoms with E-state index in [0.717, 1.165) is 35.0 Å². The van der Waals surface area contributed by atoms with Crippen molar-refractivity contribution in [1.82, 2.24) is 9.97 Å². The summed E-state index contributed by atoms with van der Waals surface area (Å²) in [6.45, 7) is 2.89. The molecule has 3 heteroatoms. The summed E-state index contributed by atoms with van der Waals surface area (Å²) in [6, 6.07) is 22.2. The van der Waals surface area contributed by atoms with Crippen LogP contribution >= 0.6 is 0 Å². The molecule has 0 radical (unpaired) electrons. The summed E-state index contributed by atoms with van der Waals surface area (Å²) >= 11 is 0. The predicted molar refractivity (Wildman–Crippen MR) is 87.1 cm³/mol. The molecule has 0 amide bonds. The van der Waals surface area contributed by atoms with Crippen LogP contribution in [0.3, 0.4) is 0 Å². The first-order valence-corrected chi connectivity index (χ1v) is 7.10. The number of nitrogens with zero attached hydrogens (tertiary/aromatic N) is 2. The van der Waals surface area contributed by atoms with Gasteiger partial charge >= 0.3 is 0 Å². The molecular formula is C18H17N3. The lowest BCUT2D eigenvalue weighted by Crippen LogP contribution is -2.02. The highest BCUT2D eigenvalue weighted by Gasteiger charge is 2.07. The van der Waals surface area contributed by atoms with Crippen LogP contribution in [-0.2, 0) is 0 Å². The SMILES string of the molecule is CCNc1cc(-c2ccccc2)nc(-c2ccccc2)n1. The number of hydrogen-bond acceptors (Lipinski definition) is 3. The van der Waals surface area contributed by atoms with E-state index in [9.17, 15) is 0 Å². The normalized spacial score (nSPS) is 10.3. The monoisotopic (exact) mass is 275 g/mol. The molecule has 1 heterocycles. The van der Waals surface area contributed by atoms with E-state index in [1.165, 1.54) is 0 Å². The Labute approximate surface area is 124 Å². The summed E-state index contributed by atoms with van der Waals surface area (Å²) in [4.78, 5) is 9.30. The van der Waals surface area contributed by atoms with Crippen molar-refractivity contribution in [3.8, 4) is 22.6 Å². The van der Waals surface area contributed by atoms with Crippen LogP contribution in [0.4, 0.5) is 5.82 Å². The molecule has 3 rings (SSSR count). The van der Waals surface area contributed by atoms with Gasteiger partial charge in [0, 0.05) is 23.7 Å². The quantitative estimate of drug-likeness (QED) is 0.773. The molecule has 0 aliphatic carbocycles. The zero-order valence-electron chi connectivity index (χ0n) is 12.0. The van der Waals surface area contributed by atoms with E-state index >= 15 is 0 Å². The predicted octanol–water partition coefficient (Wildman–Crippen LogP) is 4.24. The molecular weight excluding hydrogens is 258 g/mol. The fourth-order valence-electron chi connectivity index (χ4n) is 2.19. The Balaban J connectivity index is 2.11. The molecule has 3 aromatic rings. The zero-order valence-corrected chi connectivity index (χ0v) is 12.0. The lowest BCUT2D eigenvalue weighted by molar-refractivity contribution is 1.12. The van der Waals surface area contributed by atoms with E-state index in [1.807, 2.05) is 54.6 Å². The lowest BCUT2D eigenvalue weighted by Gasteiger charge is -2.09. The maximum Gasteiger partial charge on any atom is 0.162 e. The number of anilines is 1. The molecule has 0 fully saturated rings. The third-order valence-corrected chi connectivity index (χ3v) is 3.19. The molecule has 0 spiro atoms. The highest BCUT2D eigenvalue weighted by molar-refractivity contribution is 5.67. The van der Waals surface area contributed by atoms with Crippen LogP contribution in [0.5, 0.6) is 0 Å². The van der Waals surface area contributed by atoms with Crippen LogP contribution in [0.15, 0.2) is 66.7 Å². The molecule has 0 aliphatic heterocycles. The minimum Gasteiger partial charge on any atom is -0.370 e. The van der Waals surface area contributed by atoms with E-state index < -0.39 is 0 Å². The van der Waals surface area contributed by atoms with Crippen molar-refractivity contribution in [2.75, 3.05) is 11.9 Å². The van der Waals surface area contributed by atoms with E-state index in [0.29, 0.717) is 0 Å². The van der Waals surface area contributed by atoms with Crippen LogP contribution < -0.4 is 5.32 Å². The Bertz CT molecular complexity index is 651. The van der Waals surface area contributed by atoms with E-state index in [-0.39, 0.29) is 0 Å². The molecule has 1 aromatic heterocycles. The van der Waals surface area contributed by atoms with Gasteiger partial charge < -0.3 is 5.32 Å². The fourth-order valence-corrected chi connectivity index (χ4v) is 2.19. The Hall–Kier alpha value is -2.68. The van der Waals surface area contributed by atoms with Gasteiger partial charge in [-0.25, -0.2) is 9.97 Å². The molecule has 21 heavy (non-hydrogen) atoms. The van der Waals surface area contributed by atoms with E-state index in [1.54, 1.807) is 0 Å². The topological polar surface area (TPSA) is 37.8 Å². The lowest BCUT2D eigenvalue weighted by atomic mass is 10.1. The van der Waals surface area contributed by atoms with Crippen LogP contribution in [0.25, 0.3) is 22.6 Å². The number of aromatic nitrogens is 2. The molecule has 0 bridgehead atoms. The van der Waals surface area contributed by atoms with Crippen LogP contribution in [-0.4, -0.2) is 16.5 Å². The number of rotatable bonds is 4. The Morgan fingerprint density at radius 1 is 0.810 bits per heavy atom. The molecule has 0 atom stereocenters. The molecule has 104 valence electrons. The largest absolute Gasteiger partial charge is 0.370 e. The third-order valence-electron chi connectivity index (χ3n) is 3.19. The zero-order chi connectivity index (χ0) is 14.5. The van der Waals surface area contributed by atoms with E-state index in [4.69, 9.17) is 4.98 Å². The first-order valence-electron chi connectivity index (χ1n) is 7.10. The van der Waals surface area contributed by atoms with Crippen molar-refractivity contribution in [1.29, 1.82) is 0 Å². The fraction of sp³-hybridized carbons (Fsp3) is 0.111. The highest BCUT2D eigenvalue weighted by atomic mass is 15.0. The summed E-state index contributed by atoms with van der Waals surface area (Å²) in [7, 11) is 0. The van der Waals surface area contributed by atoms with Gasteiger partial charge in [0.05, 0.1) is 5.69 Å². The van der Waals surface area contributed by atoms with Crippen molar-refractivity contribution in [3.05, 3.63) is 66.7 Å². The van der Waals surface area contributed by atoms with Gasteiger partial charge in [-0.3, -0.25) is 0 Å². The number of hydrogen-bond donors (Lipinski definition) is 1. The standard InChI is InChI=1S/C18H17N3/c1-2-19-17-13-16(14-9-5-3-6-10-14)20-18(21-17)15-11-7-4-8-12-15/h3-13H,2H2,1H3,(H,19,20,21). The summed E-state index contributed by atoms with van der Waals surface area (Å²) in [5, 5.41) is 3.28. The Kier molecular flexibility index (Phi) is 3.92. The average Bonchev–Trinajstić information content (AvgIpc) is 2.56. The maximum absolute atomic E-state index is 4.71. The summed E-state index contributed by atoms with van der Waals surface area (Å²) in [6.07, 6.45) is 0. The van der Waals surface area contributed by atoms with Gasteiger partial charge in [-0.2, -0.15) is 0 Å². The maximum atomic E-state index is 4.71. The van der Waals surface area contributed by atoms with Gasteiger partial charge in [-0.05, 0) is 6.92 Å².